The summed E-state index contributed by atoms with van der Waals surface area (Å²) in [6, 6.07) is 3.80. The summed E-state index contributed by atoms with van der Waals surface area (Å²) in [6.07, 6.45) is 6.66. The Hall–Kier alpha value is -3.00. The molecule has 0 spiro atoms. The molecule has 8 heteroatoms. The van der Waals surface area contributed by atoms with E-state index >= 15 is 0 Å². The first-order valence-electron chi connectivity index (χ1n) is 9.58. The average Bonchev–Trinajstić information content (AvgIpc) is 3.25. The monoisotopic (exact) mass is 379 g/mol. The Kier molecular flexibility index (Phi) is 5.21. The van der Waals surface area contributed by atoms with Crippen LogP contribution in [0.5, 0.6) is 0 Å². The number of aromatic nitrogens is 5. The fraction of sp³-hybridized carbons (Fsp3) is 0.400. The molecule has 0 saturated carbocycles. The summed E-state index contributed by atoms with van der Waals surface area (Å²) in [4.78, 5) is 23.7. The predicted molar refractivity (Wildman–Crippen MR) is 107 cm³/mol. The number of carbonyl (C=O) groups excluding carboxylic acids is 1. The molecule has 0 fully saturated rings. The molecule has 1 amide bonds. The van der Waals surface area contributed by atoms with Crippen LogP contribution in [0.1, 0.15) is 35.9 Å². The lowest BCUT2D eigenvalue weighted by molar-refractivity contribution is 0.0945. The predicted octanol–water partition coefficient (Wildman–Crippen LogP) is 1.91. The van der Waals surface area contributed by atoms with Gasteiger partial charge in [-0.1, -0.05) is 11.6 Å². The highest BCUT2D eigenvalue weighted by Crippen LogP contribution is 2.13. The van der Waals surface area contributed by atoms with E-state index in [2.05, 4.69) is 54.9 Å². The van der Waals surface area contributed by atoms with E-state index in [1.165, 1.54) is 5.57 Å². The number of imidazole rings is 1. The van der Waals surface area contributed by atoms with Crippen LogP contribution in [0.25, 0.3) is 11.0 Å². The molecule has 0 saturated heterocycles. The van der Waals surface area contributed by atoms with Gasteiger partial charge >= 0.3 is 0 Å². The minimum absolute atomic E-state index is 0.173. The van der Waals surface area contributed by atoms with Gasteiger partial charge in [0.2, 0.25) is 0 Å². The van der Waals surface area contributed by atoms with Gasteiger partial charge in [-0.25, -0.2) is 9.97 Å². The molecule has 1 aliphatic heterocycles. The smallest absolute Gasteiger partial charge is 0.271 e. The summed E-state index contributed by atoms with van der Waals surface area (Å²) in [5, 5.41) is 10.9. The van der Waals surface area contributed by atoms with Gasteiger partial charge in [-0.2, -0.15) is 5.10 Å². The number of H-pyrrole nitrogens is 1. The third-order valence-corrected chi connectivity index (χ3v) is 4.99. The van der Waals surface area contributed by atoms with E-state index in [0.717, 1.165) is 49.5 Å². The van der Waals surface area contributed by atoms with Gasteiger partial charge in [-0.3, -0.25) is 14.8 Å². The lowest BCUT2D eigenvalue weighted by Crippen LogP contribution is -2.27. The summed E-state index contributed by atoms with van der Waals surface area (Å²) < 4.78 is 2.10. The Morgan fingerprint density at radius 3 is 3.07 bits per heavy atom. The number of hydrogen-bond donors (Lipinski definition) is 2. The van der Waals surface area contributed by atoms with Crippen molar-refractivity contribution in [1.82, 2.24) is 34.9 Å². The van der Waals surface area contributed by atoms with Crippen molar-refractivity contribution in [3.05, 3.63) is 53.4 Å². The van der Waals surface area contributed by atoms with Crippen LogP contribution in [0.15, 0.2) is 36.2 Å². The zero-order valence-electron chi connectivity index (χ0n) is 16.3. The molecule has 28 heavy (non-hydrogen) atoms. The summed E-state index contributed by atoms with van der Waals surface area (Å²) in [5.74, 6) is 0.801. The van der Waals surface area contributed by atoms with Gasteiger partial charge in [0, 0.05) is 50.4 Å². The topological polar surface area (TPSA) is 91.7 Å². The van der Waals surface area contributed by atoms with Crippen molar-refractivity contribution >= 4 is 16.9 Å². The largest absolute Gasteiger partial charge is 0.345 e. The lowest BCUT2D eigenvalue weighted by atomic mass is 10.2. The molecule has 0 bridgehead atoms. The van der Waals surface area contributed by atoms with Gasteiger partial charge in [-0.15, -0.1) is 0 Å². The number of pyridine rings is 1. The third-order valence-electron chi connectivity index (χ3n) is 4.99. The first-order valence-corrected chi connectivity index (χ1v) is 9.58. The van der Waals surface area contributed by atoms with Crippen molar-refractivity contribution < 1.29 is 4.79 Å². The highest BCUT2D eigenvalue weighted by molar-refractivity contribution is 5.92. The van der Waals surface area contributed by atoms with Gasteiger partial charge in [0.15, 0.2) is 5.65 Å². The molecule has 4 heterocycles. The maximum atomic E-state index is 12.6. The Bertz CT molecular complexity index is 987. The van der Waals surface area contributed by atoms with Crippen molar-refractivity contribution in [1.29, 1.82) is 0 Å². The Morgan fingerprint density at radius 2 is 2.21 bits per heavy atom. The number of hydrogen-bond acceptors (Lipinski definition) is 5. The zero-order chi connectivity index (χ0) is 19.5. The standard InChI is InChI=1S/C20H25N7O/c1-14(2)5-8-26-9-6-18-23-17(13-27(18)11-10-26)20(28)22-12-16-15-4-3-7-21-19(15)25-24-16/h3-5,7,13H,6,8-12H2,1-2H3,(H,22,28)(H,21,24,25). The van der Waals surface area contributed by atoms with E-state index < -0.39 is 0 Å². The van der Waals surface area contributed by atoms with Crippen LogP contribution in [0.3, 0.4) is 0 Å². The van der Waals surface area contributed by atoms with Crippen LogP contribution in [0.2, 0.25) is 0 Å². The molecular formula is C20H25N7O. The van der Waals surface area contributed by atoms with Crippen LogP contribution in [0, 0.1) is 0 Å². The number of allylic oxidation sites excluding steroid dienone is 1. The molecule has 4 rings (SSSR count). The lowest BCUT2D eigenvalue weighted by Gasteiger charge is -2.17. The number of carbonyl (C=O) groups is 1. The highest BCUT2D eigenvalue weighted by atomic mass is 16.1. The Labute approximate surface area is 163 Å². The maximum absolute atomic E-state index is 12.6. The average molecular weight is 379 g/mol. The van der Waals surface area contributed by atoms with Crippen molar-refractivity contribution in [2.75, 3.05) is 19.6 Å². The molecule has 2 N–H and O–H groups in total. The summed E-state index contributed by atoms with van der Waals surface area (Å²) >= 11 is 0. The number of nitrogens with zero attached hydrogens (tertiary/aromatic N) is 5. The highest BCUT2D eigenvalue weighted by Gasteiger charge is 2.19. The van der Waals surface area contributed by atoms with Crippen LogP contribution in [-0.2, 0) is 19.5 Å². The van der Waals surface area contributed by atoms with E-state index in [0.29, 0.717) is 17.9 Å². The van der Waals surface area contributed by atoms with Crippen molar-refractivity contribution in [2.45, 2.75) is 33.4 Å². The minimum Gasteiger partial charge on any atom is -0.345 e. The Morgan fingerprint density at radius 1 is 1.32 bits per heavy atom. The van der Waals surface area contributed by atoms with Gasteiger partial charge in [0.25, 0.3) is 5.91 Å². The Balaban J connectivity index is 1.38. The normalized spacial score (nSPS) is 14.5. The molecule has 1 aliphatic rings. The molecule has 8 nitrogen and oxygen atoms in total. The molecule has 0 atom stereocenters. The van der Waals surface area contributed by atoms with E-state index in [4.69, 9.17) is 0 Å². The first-order chi connectivity index (χ1) is 13.6. The second-order valence-corrected chi connectivity index (χ2v) is 7.33. The third kappa shape index (κ3) is 3.96. The molecule has 0 aromatic carbocycles. The molecule has 146 valence electrons. The van der Waals surface area contributed by atoms with Crippen molar-refractivity contribution in [3.8, 4) is 0 Å². The van der Waals surface area contributed by atoms with E-state index in [1.807, 2.05) is 18.3 Å². The maximum Gasteiger partial charge on any atom is 0.271 e. The number of aromatic amines is 1. The number of rotatable bonds is 5. The van der Waals surface area contributed by atoms with Crippen LogP contribution in [0.4, 0.5) is 0 Å². The molecule has 3 aromatic heterocycles. The number of fused-ring (bicyclic) bond motifs is 2. The molecular weight excluding hydrogens is 354 g/mol. The SMILES string of the molecule is CC(C)=CCN1CCc2nc(C(=O)NCc3[nH]nc4ncccc34)cn2CC1. The van der Waals surface area contributed by atoms with Crippen molar-refractivity contribution in [2.24, 2.45) is 0 Å². The second-order valence-electron chi connectivity index (χ2n) is 7.33. The quantitative estimate of drug-likeness (QED) is 0.661. The van der Waals surface area contributed by atoms with Gasteiger partial charge in [0.05, 0.1) is 12.2 Å². The molecule has 0 unspecified atom stereocenters. The fourth-order valence-corrected chi connectivity index (χ4v) is 3.37. The van der Waals surface area contributed by atoms with Crippen LogP contribution in [-0.4, -0.2) is 55.2 Å². The number of amides is 1. The van der Waals surface area contributed by atoms with Gasteiger partial charge in [0.1, 0.15) is 11.5 Å². The number of nitrogens with one attached hydrogen (secondary N) is 2. The first kappa shape index (κ1) is 18.4. The fourth-order valence-electron chi connectivity index (χ4n) is 3.37. The van der Waals surface area contributed by atoms with Crippen LogP contribution >= 0.6 is 0 Å². The minimum atomic E-state index is -0.173. The van der Waals surface area contributed by atoms with E-state index in [-0.39, 0.29) is 5.91 Å². The molecule has 0 aliphatic carbocycles. The summed E-state index contributed by atoms with van der Waals surface area (Å²) in [5.41, 5.74) is 3.29. The molecule has 0 radical (unpaired) electrons. The summed E-state index contributed by atoms with van der Waals surface area (Å²) in [7, 11) is 0. The van der Waals surface area contributed by atoms with Gasteiger partial charge < -0.3 is 9.88 Å². The van der Waals surface area contributed by atoms with E-state index in [9.17, 15) is 4.79 Å². The van der Waals surface area contributed by atoms with Crippen LogP contribution < -0.4 is 5.32 Å². The molecule has 3 aromatic rings. The van der Waals surface area contributed by atoms with Gasteiger partial charge in [-0.05, 0) is 26.0 Å². The van der Waals surface area contributed by atoms with E-state index in [1.54, 1.807) is 6.20 Å². The second kappa shape index (κ2) is 7.93. The van der Waals surface area contributed by atoms with Crippen molar-refractivity contribution in [3.63, 3.8) is 0 Å². The summed E-state index contributed by atoms with van der Waals surface area (Å²) in [6.45, 7) is 8.33. The zero-order valence-corrected chi connectivity index (χ0v) is 16.3.